The zero-order valence-electron chi connectivity index (χ0n) is 13.9. The molecule has 21 heavy (non-hydrogen) atoms. The number of hydrogen-bond acceptors (Lipinski definition) is 4. The molecule has 0 aromatic rings. The Morgan fingerprint density at radius 1 is 1.48 bits per heavy atom. The van der Waals surface area contributed by atoms with Gasteiger partial charge in [-0.15, -0.1) is 0 Å². The number of hydrogen-bond donors (Lipinski definition) is 3. The minimum Gasteiger partial charge on any atom is -0.409 e. The first-order valence-electron chi connectivity index (χ1n) is 7.65. The Morgan fingerprint density at radius 3 is 2.43 bits per heavy atom. The van der Waals surface area contributed by atoms with Crippen molar-refractivity contribution in [2.75, 3.05) is 20.6 Å². The number of nitrogens with one attached hydrogen (secondary N) is 1. The lowest BCUT2D eigenvalue weighted by molar-refractivity contribution is -0.134. The van der Waals surface area contributed by atoms with Crippen LogP contribution in [0.1, 0.15) is 40.0 Å². The van der Waals surface area contributed by atoms with Gasteiger partial charge in [0.1, 0.15) is 5.41 Å². The van der Waals surface area contributed by atoms with E-state index in [1.165, 1.54) is 0 Å². The zero-order chi connectivity index (χ0) is 16.2. The van der Waals surface area contributed by atoms with Gasteiger partial charge in [-0.1, -0.05) is 25.9 Å². The molecule has 0 heterocycles. The molecule has 0 bridgehead atoms. The normalized spacial score (nSPS) is 27.6. The number of nitrogens with zero attached hydrogens (tertiary/aromatic N) is 2. The highest BCUT2D eigenvalue weighted by Crippen LogP contribution is 2.46. The molecule has 1 unspecified atom stereocenters. The van der Waals surface area contributed by atoms with Crippen LogP contribution < -0.4 is 11.1 Å². The maximum atomic E-state index is 12.7. The molecule has 1 aliphatic carbocycles. The Morgan fingerprint density at radius 2 is 2.05 bits per heavy atom. The molecule has 0 saturated heterocycles. The predicted molar refractivity (Wildman–Crippen MR) is 84.2 cm³/mol. The van der Waals surface area contributed by atoms with Crippen LogP contribution in [-0.4, -0.2) is 48.5 Å². The van der Waals surface area contributed by atoms with Gasteiger partial charge < -0.3 is 21.2 Å². The first kappa shape index (κ1) is 17.8. The quantitative estimate of drug-likeness (QED) is 0.285. The first-order valence-corrected chi connectivity index (χ1v) is 7.65. The summed E-state index contributed by atoms with van der Waals surface area (Å²) in [6.45, 7) is 7.13. The fraction of sp³-hybridized carbons (Fsp3) is 0.867. The maximum Gasteiger partial charge on any atom is 0.234 e. The molecular formula is C15H30N4O2. The molecule has 1 atom stereocenters. The number of carbonyl (C=O) groups is 1. The molecule has 0 aromatic heterocycles. The highest BCUT2D eigenvalue weighted by atomic mass is 16.4. The van der Waals surface area contributed by atoms with Crippen LogP contribution in [0.5, 0.6) is 0 Å². The minimum absolute atomic E-state index is 0.0336. The molecule has 1 rings (SSSR count). The fourth-order valence-electron chi connectivity index (χ4n) is 3.25. The van der Waals surface area contributed by atoms with Crippen LogP contribution in [-0.2, 0) is 4.79 Å². The third kappa shape index (κ3) is 4.33. The molecular weight excluding hydrogens is 268 g/mol. The van der Waals surface area contributed by atoms with E-state index in [0.29, 0.717) is 24.7 Å². The van der Waals surface area contributed by atoms with Crippen LogP contribution in [0.4, 0.5) is 0 Å². The number of amidine groups is 1. The molecule has 1 aliphatic rings. The van der Waals surface area contributed by atoms with Crippen molar-refractivity contribution in [3.8, 4) is 0 Å². The molecule has 0 aromatic carbocycles. The lowest BCUT2D eigenvalue weighted by Gasteiger charge is -2.44. The molecule has 1 fully saturated rings. The van der Waals surface area contributed by atoms with Gasteiger partial charge in [0.25, 0.3) is 0 Å². The Labute approximate surface area is 127 Å². The first-order chi connectivity index (χ1) is 9.71. The van der Waals surface area contributed by atoms with Crippen molar-refractivity contribution < 1.29 is 10.0 Å². The maximum absolute atomic E-state index is 12.7. The third-order valence-corrected chi connectivity index (χ3v) is 4.10. The standard InChI is InChI=1S/C15H30N4O2/c1-10(2)6-12(9-19(4)5)17-14(20)15(13(16)18-21)7-11(3)8-15/h10-12,21H,6-9H2,1-5H3,(H2,16,18)(H,17,20). The second kappa shape index (κ2) is 7.11. The van der Waals surface area contributed by atoms with Crippen molar-refractivity contribution in [1.82, 2.24) is 10.2 Å². The summed E-state index contributed by atoms with van der Waals surface area (Å²) < 4.78 is 0. The Balaban J connectivity index is 2.79. The smallest absolute Gasteiger partial charge is 0.234 e. The summed E-state index contributed by atoms with van der Waals surface area (Å²) in [5.74, 6) is 0.846. The molecule has 1 saturated carbocycles. The van der Waals surface area contributed by atoms with E-state index < -0.39 is 5.41 Å². The lowest BCUT2D eigenvalue weighted by Crippen LogP contribution is -2.59. The number of amides is 1. The fourth-order valence-corrected chi connectivity index (χ4v) is 3.25. The predicted octanol–water partition coefficient (Wildman–Crippen LogP) is 1.24. The van der Waals surface area contributed by atoms with Crippen LogP contribution in [0.25, 0.3) is 0 Å². The number of likely N-dealkylation sites (N-methyl/N-ethyl adjacent to an activating group) is 1. The SMILES string of the molecule is CC(C)CC(CN(C)C)NC(=O)C1(C(N)=NO)CC(C)C1. The van der Waals surface area contributed by atoms with Gasteiger partial charge in [0, 0.05) is 12.6 Å². The van der Waals surface area contributed by atoms with Gasteiger partial charge in [0.2, 0.25) is 5.91 Å². The second-order valence-electron chi connectivity index (χ2n) is 7.14. The van der Waals surface area contributed by atoms with Crippen LogP contribution >= 0.6 is 0 Å². The van der Waals surface area contributed by atoms with Crippen molar-refractivity contribution in [3.05, 3.63) is 0 Å². The van der Waals surface area contributed by atoms with Gasteiger partial charge in [-0.3, -0.25) is 4.79 Å². The van der Waals surface area contributed by atoms with Crippen molar-refractivity contribution in [1.29, 1.82) is 0 Å². The average molecular weight is 298 g/mol. The summed E-state index contributed by atoms with van der Waals surface area (Å²) in [6.07, 6.45) is 2.20. The summed E-state index contributed by atoms with van der Waals surface area (Å²) in [5, 5.41) is 15.2. The van der Waals surface area contributed by atoms with E-state index in [2.05, 4.69) is 36.1 Å². The van der Waals surface area contributed by atoms with Gasteiger partial charge in [0.05, 0.1) is 0 Å². The average Bonchev–Trinajstić information content (AvgIpc) is 2.31. The summed E-state index contributed by atoms with van der Waals surface area (Å²) >= 11 is 0. The van der Waals surface area contributed by atoms with Crippen LogP contribution in [0.3, 0.4) is 0 Å². The largest absolute Gasteiger partial charge is 0.409 e. The number of nitrogens with two attached hydrogens (primary N) is 1. The van der Waals surface area contributed by atoms with E-state index in [4.69, 9.17) is 10.9 Å². The Hall–Kier alpha value is -1.30. The number of oxime groups is 1. The lowest BCUT2D eigenvalue weighted by atomic mass is 9.61. The highest BCUT2D eigenvalue weighted by molar-refractivity contribution is 6.07. The number of carbonyl (C=O) groups excluding carboxylic acids is 1. The minimum atomic E-state index is -0.824. The number of rotatable bonds is 7. The summed E-state index contributed by atoms with van der Waals surface area (Å²) in [4.78, 5) is 14.7. The second-order valence-corrected chi connectivity index (χ2v) is 7.14. The van der Waals surface area contributed by atoms with Gasteiger partial charge in [0.15, 0.2) is 5.84 Å². The Kier molecular flexibility index (Phi) is 6.01. The molecule has 122 valence electrons. The van der Waals surface area contributed by atoms with Crippen molar-refractivity contribution in [2.45, 2.75) is 46.1 Å². The van der Waals surface area contributed by atoms with Gasteiger partial charge in [-0.25, -0.2) is 0 Å². The van der Waals surface area contributed by atoms with Crippen molar-refractivity contribution >= 4 is 11.7 Å². The van der Waals surface area contributed by atoms with Gasteiger partial charge in [-0.05, 0) is 45.2 Å². The van der Waals surface area contributed by atoms with Gasteiger partial charge in [-0.2, -0.15) is 0 Å². The van der Waals surface area contributed by atoms with Gasteiger partial charge >= 0.3 is 0 Å². The molecule has 0 radical (unpaired) electrons. The van der Waals surface area contributed by atoms with E-state index in [0.717, 1.165) is 13.0 Å². The third-order valence-electron chi connectivity index (χ3n) is 4.10. The van der Waals surface area contributed by atoms with Crippen molar-refractivity contribution in [3.63, 3.8) is 0 Å². The molecule has 4 N–H and O–H groups in total. The van der Waals surface area contributed by atoms with E-state index in [9.17, 15) is 4.79 Å². The molecule has 0 spiro atoms. The summed E-state index contributed by atoms with van der Waals surface area (Å²) in [5.41, 5.74) is 4.96. The monoisotopic (exact) mass is 298 g/mol. The van der Waals surface area contributed by atoms with E-state index in [-0.39, 0.29) is 17.8 Å². The highest BCUT2D eigenvalue weighted by Gasteiger charge is 2.52. The summed E-state index contributed by atoms with van der Waals surface area (Å²) in [7, 11) is 3.98. The van der Waals surface area contributed by atoms with Crippen molar-refractivity contribution in [2.24, 2.45) is 28.1 Å². The molecule has 1 amide bonds. The van der Waals surface area contributed by atoms with E-state index in [1.807, 2.05) is 14.1 Å². The van der Waals surface area contributed by atoms with Crippen LogP contribution in [0.15, 0.2) is 5.16 Å². The van der Waals surface area contributed by atoms with Crippen LogP contribution in [0.2, 0.25) is 0 Å². The van der Waals surface area contributed by atoms with E-state index in [1.54, 1.807) is 0 Å². The molecule has 6 nitrogen and oxygen atoms in total. The Bertz CT molecular complexity index is 377. The van der Waals surface area contributed by atoms with Crippen LogP contribution in [0, 0.1) is 17.3 Å². The topological polar surface area (TPSA) is 91.0 Å². The zero-order valence-corrected chi connectivity index (χ0v) is 13.9. The summed E-state index contributed by atoms with van der Waals surface area (Å²) in [6, 6.07) is 0.0757. The molecule has 0 aliphatic heterocycles. The van der Waals surface area contributed by atoms with E-state index >= 15 is 0 Å². The molecule has 6 heteroatoms.